The first kappa shape index (κ1) is 18.8. The van der Waals surface area contributed by atoms with Crippen molar-refractivity contribution in [1.82, 2.24) is 15.9 Å². The lowest BCUT2D eigenvalue weighted by molar-refractivity contribution is -0.125. The summed E-state index contributed by atoms with van der Waals surface area (Å²) in [7, 11) is 1.72. The number of ether oxygens (including phenoxy) is 1. The normalized spacial score (nSPS) is 23.4. The third-order valence-electron chi connectivity index (χ3n) is 5.33. The summed E-state index contributed by atoms with van der Waals surface area (Å²) in [5.74, 6) is 0. The van der Waals surface area contributed by atoms with Crippen molar-refractivity contribution in [2.75, 3.05) is 33.5 Å². The van der Waals surface area contributed by atoms with Gasteiger partial charge in [0.1, 0.15) is 6.73 Å². The van der Waals surface area contributed by atoms with Gasteiger partial charge in [-0.2, -0.15) is 0 Å². The minimum absolute atomic E-state index is 0.137. The second-order valence-corrected chi connectivity index (χ2v) is 7.21. The van der Waals surface area contributed by atoms with Gasteiger partial charge >= 0.3 is 0 Å². The van der Waals surface area contributed by atoms with Crippen LogP contribution in [0.1, 0.15) is 49.3 Å². The van der Waals surface area contributed by atoms with E-state index in [9.17, 15) is 5.11 Å². The van der Waals surface area contributed by atoms with Gasteiger partial charge in [0.25, 0.3) is 0 Å². The molecule has 6 heteroatoms. The van der Waals surface area contributed by atoms with Crippen LogP contribution in [0.2, 0.25) is 0 Å². The zero-order valence-corrected chi connectivity index (χ0v) is 15.2. The Bertz CT molecular complexity index is 534. The molecule has 140 valence electrons. The molecule has 0 saturated heterocycles. The van der Waals surface area contributed by atoms with E-state index in [4.69, 9.17) is 9.57 Å². The Balaban J connectivity index is 1.44. The third kappa shape index (κ3) is 5.00. The number of nitrogens with zero attached hydrogens (tertiary/aromatic N) is 1. The van der Waals surface area contributed by atoms with E-state index >= 15 is 0 Å². The van der Waals surface area contributed by atoms with Crippen LogP contribution in [0.4, 0.5) is 0 Å². The predicted octanol–water partition coefficient (Wildman–Crippen LogP) is 1.91. The topological polar surface area (TPSA) is 66.0 Å². The van der Waals surface area contributed by atoms with Crippen molar-refractivity contribution in [3.05, 3.63) is 35.4 Å². The number of hydrazine groups is 1. The second-order valence-electron chi connectivity index (χ2n) is 7.21. The molecular formula is C19H31N3O3. The highest BCUT2D eigenvalue weighted by molar-refractivity contribution is 5.32. The Kier molecular flexibility index (Phi) is 6.81. The average molecular weight is 349 g/mol. The van der Waals surface area contributed by atoms with E-state index in [-0.39, 0.29) is 6.04 Å². The fraction of sp³-hybridized carbons (Fsp3) is 0.684. The molecule has 1 aromatic carbocycles. The molecule has 0 aromatic heterocycles. The van der Waals surface area contributed by atoms with Gasteiger partial charge in [-0.05, 0) is 30.4 Å². The minimum Gasteiger partial charge on any atom is -0.389 e. The number of methoxy groups -OCH3 is 1. The standard InChI is InChI=1S/C19H31N3O3/c1-24-13-18-17-8-4-3-7-16(17)9-12-22(18)21-25-15-20-14-19(23)10-5-2-6-11-19/h3-4,7-8,18,20-21,23H,2,5-6,9-15H2,1H3. The average Bonchev–Trinajstić information content (AvgIpc) is 2.63. The maximum absolute atomic E-state index is 10.5. The lowest BCUT2D eigenvalue weighted by atomic mass is 9.85. The van der Waals surface area contributed by atoms with Gasteiger partial charge in [0.2, 0.25) is 0 Å². The highest BCUT2D eigenvalue weighted by Gasteiger charge is 2.29. The largest absolute Gasteiger partial charge is 0.389 e. The van der Waals surface area contributed by atoms with Crippen molar-refractivity contribution in [3.8, 4) is 0 Å². The smallest absolute Gasteiger partial charge is 0.120 e. The van der Waals surface area contributed by atoms with Gasteiger partial charge in [-0.3, -0.25) is 10.2 Å². The molecule has 0 amide bonds. The molecule has 2 aliphatic rings. The number of rotatable bonds is 8. The van der Waals surface area contributed by atoms with Crippen LogP contribution in [0.15, 0.2) is 24.3 Å². The van der Waals surface area contributed by atoms with E-state index < -0.39 is 5.60 Å². The second kappa shape index (κ2) is 9.07. The maximum Gasteiger partial charge on any atom is 0.120 e. The van der Waals surface area contributed by atoms with Crippen molar-refractivity contribution < 1.29 is 14.7 Å². The number of nitrogens with one attached hydrogen (secondary N) is 2. The Hall–Kier alpha value is -1.02. The molecule has 1 unspecified atom stereocenters. The molecule has 1 aliphatic carbocycles. The first-order valence-electron chi connectivity index (χ1n) is 9.36. The SMILES string of the molecule is COCC1c2ccccc2CCN1NOCNCC1(O)CCCCC1. The maximum atomic E-state index is 10.5. The number of hydrogen-bond acceptors (Lipinski definition) is 6. The molecule has 6 nitrogen and oxygen atoms in total. The van der Waals surface area contributed by atoms with Crippen LogP contribution in [0.25, 0.3) is 0 Å². The monoisotopic (exact) mass is 349 g/mol. The Morgan fingerprint density at radius 2 is 2.04 bits per heavy atom. The zero-order chi connectivity index (χ0) is 17.5. The molecule has 1 atom stereocenters. The van der Waals surface area contributed by atoms with Crippen LogP contribution in [-0.2, 0) is 16.0 Å². The van der Waals surface area contributed by atoms with Crippen LogP contribution in [-0.4, -0.2) is 49.3 Å². The summed E-state index contributed by atoms with van der Waals surface area (Å²) in [6, 6.07) is 8.63. The molecule has 25 heavy (non-hydrogen) atoms. The molecule has 0 spiro atoms. The highest BCUT2D eigenvalue weighted by Crippen LogP contribution is 2.29. The van der Waals surface area contributed by atoms with Crippen molar-refractivity contribution >= 4 is 0 Å². The lowest BCUT2D eigenvalue weighted by Gasteiger charge is -2.36. The minimum atomic E-state index is -0.565. The summed E-state index contributed by atoms with van der Waals surface area (Å²) >= 11 is 0. The van der Waals surface area contributed by atoms with E-state index in [1.54, 1.807) is 7.11 Å². The molecule has 1 fully saturated rings. The van der Waals surface area contributed by atoms with Gasteiger partial charge in [-0.1, -0.05) is 43.5 Å². The summed E-state index contributed by atoms with van der Waals surface area (Å²) in [4.78, 5) is 5.60. The Labute approximate surface area is 150 Å². The fourth-order valence-electron chi connectivity index (χ4n) is 3.94. The van der Waals surface area contributed by atoms with Gasteiger partial charge in [-0.15, -0.1) is 5.59 Å². The predicted molar refractivity (Wildman–Crippen MR) is 96.6 cm³/mol. The number of hydrogen-bond donors (Lipinski definition) is 3. The van der Waals surface area contributed by atoms with Crippen LogP contribution in [0.5, 0.6) is 0 Å². The number of aliphatic hydroxyl groups is 1. The summed E-state index contributed by atoms with van der Waals surface area (Å²) < 4.78 is 5.40. The van der Waals surface area contributed by atoms with E-state index in [0.29, 0.717) is 19.9 Å². The summed E-state index contributed by atoms with van der Waals surface area (Å²) in [5, 5.41) is 15.8. The fourth-order valence-corrected chi connectivity index (χ4v) is 3.94. The van der Waals surface area contributed by atoms with Crippen LogP contribution < -0.4 is 10.9 Å². The van der Waals surface area contributed by atoms with E-state index in [1.807, 2.05) is 0 Å². The van der Waals surface area contributed by atoms with Crippen LogP contribution in [0.3, 0.4) is 0 Å². The highest BCUT2D eigenvalue weighted by atomic mass is 16.7. The van der Waals surface area contributed by atoms with E-state index in [0.717, 1.165) is 38.6 Å². The summed E-state index contributed by atoms with van der Waals surface area (Å²) in [6.07, 6.45) is 6.21. The third-order valence-corrected chi connectivity index (χ3v) is 5.33. The van der Waals surface area contributed by atoms with Crippen molar-refractivity contribution in [2.45, 2.75) is 50.2 Å². The summed E-state index contributed by atoms with van der Waals surface area (Å²) in [5.41, 5.74) is 5.15. The van der Waals surface area contributed by atoms with E-state index in [2.05, 4.69) is 40.2 Å². The van der Waals surface area contributed by atoms with Gasteiger partial charge in [0, 0.05) is 20.2 Å². The van der Waals surface area contributed by atoms with Gasteiger partial charge in [0.15, 0.2) is 0 Å². The van der Waals surface area contributed by atoms with Crippen LogP contribution >= 0.6 is 0 Å². The molecule has 1 heterocycles. The Morgan fingerprint density at radius 1 is 1.24 bits per heavy atom. The van der Waals surface area contributed by atoms with E-state index in [1.165, 1.54) is 17.5 Å². The number of fused-ring (bicyclic) bond motifs is 1. The van der Waals surface area contributed by atoms with Gasteiger partial charge in [-0.25, -0.2) is 5.01 Å². The molecule has 0 radical (unpaired) electrons. The Morgan fingerprint density at radius 3 is 2.84 bits per heavy atom. The van der Waals surface area contributed by atoms with Gasteiger partial charge < -0.3 is 9.84 Å². The van der Waals surface area contributed by atoms with Gasteiger partial charge in [0.05, 0.1) is 18.2 Å². The molecule has 3 rings (SSSR count). The number of benzene rings is 1. The van der Waals surface area contributed by atoms with Crippen molar-refractivity contribution in [3.63, 3.8) is 0 Å². The van der Waals surface area contributed by atoms with Crippen LogP contribution in [0, 0.1) is 0 Å². The molecule has 1 aromatic rings. The molecule has 1 saturated carbocycles. The lowest BCUT2D eigenvalue weighted by Crippen LogP contribution is -2.48. The molecule has 3 N–H and O–H groups in total. The summed E-state index contributed by atoms with van der Waals surface area (Å²) in [6.45, 7) is 2.43. The quantitative estimate of drug-likeness (QED) is 0.379. The molecular weight excluding hydrogens is 318 g/mol. The molecule has 1 aliphatic heterocycles. The first-order chi connectivity index (χ1) is 12.2. The molecule has 0 bridgehead atoms. The van der Waals surface area contributed by atoms with Crippen molar-refractivity contribution in [1.29, 1.82) is 0 Å². The zero-order valence-electron chi connectivity index (χ0n) is 15.2. The first-order valence-corrected chi connectivity index (χ1v) is 9.36. The van der Waals surface area contributed by atoms with Crippen molar-refractivity contribution in [2.24, 2.45) is 0 Å².